The second kappa shape index (κ2) is 4.90. The molecule has 2 aromatic rings. The van der Waals surface area contributed by atoms with Crippen molar-refractivity contribution >= 4 is 17.2 Å². The molecule has 0 atom stereocenters. The summed E-state index contributed by atoms with van der Waals surface area (Å²) in [6.07, 6.45) is 2.63. The van der Waals surface area contributed by atoms with Crippen LogP contribution >= 0.6 is 11.3 Å². The molecule has 0 aliphatic heterocycles. The molecule has 18 heavy (non-hydrogen) atoms. The Bertz CT molecular complexity index is 546. The molecule has 1 heterocycles. The lowest BCUT2D eigenvalue weighted by Gasteiger charge is -2.00. The standard InChI is InChI=1S/C14H14N2OS/c17-13(15-11-6-7-11)8-12-9-18-14(16-12)10-4-2-1-3-5-10/h1-5,9,11H,6-8H2,(H,15,17). The number of rotatable bonds is 4. The minimum atomic E-state index is 0.0856. The van der Waals surface area contributed by atoms with E-state index in [1.54, 1.807) is 11.3 Å². The Morgan fingerprint density at radius 1 is 1.33 bits per heavy atom. The van der Waals surface area contributed by atoms with Gasteiger partial charge in [-0.1, -0.05) is 30.3 Å². The number of hydrogen-bond acceptors (Lipinski definition) is 3. The molecule has 92 valence electrons. The Balaban J connectivity index is 1.67. The van der Waals surface area contributed by atoms with Crippen molar-refractivity contribution in [1.29, 1.82) is 0 Å². The third kappa shape index (κ3) is 2.76. The average Bonchev–Trinajstić information content (AvgIpc) is 3.06. The third-order valence-electron chi connectivity index (χ3n) is 2.86. The lowest BCUT2D eigenvalue weighted by Crippen LogP contribution is -2.27. The molecule has 1 aromatic carbocycles. The highest BCUT2D eigenvalue weighted by atomic mass is 32.1. The van der Waals surface area contributed by atoms with E-state index in [-0.39, 0.29) is 5.91 Å². The van der Waals surface area contributed by atoms with Gasteiger partial charge >= 0.3 is 0 Å². The van der Waals surface area contributed by atoms with Crippen molar-refractivity contribution in [2.24, 2.45) is 0 Å². The molecule has 3 nitrogen and oxygen atoms in total. The third-order valence-corrected chi connectivity index (χ3v) is 3.80. The molecule has 1 aliphatic carbocycles. The molecule has 1 saturated carbocycles. The molecule has 0 saturated heterocycles. The molecule has 0 bridgehead atoms. The number of nitrogens with zero attached hydrogens (tertiary/aromatic N) is 1. The Kier molecular flexibility index (Phi) is 3.11. The Labute approximate surface area is 110 Å². The van der Waals surface area contributed by atoms with Gasteiger partial charge in [0.25, 0.3) is 0 Å². The number of nitrogens with one attached hydrogen (secondary N) is 1. The molecule has 3 rings (SSSR count). The number of thiazole rings is 1. The van der Waals surface area contributed by atoms with Crippen molar-refractivity contribution in [3.05, 3.63) is 41.4 Å². The highest BCUT2D eigenvalue weighted by molar-refractivity contribution is 7.13. The van der Waals surface area contributed by atoms with Gasteiger partial charge in [-0.15, -0.1) is 11.3 Å². The number of aromatic nitrogens is 1. The van der Waals surface area contributed by atoms with Crippen molar-refractivity contribution < 1.29 is 4.79 Å². The van der Waals surface area contributed by atoms with E-state index in [0.717, 1.165) is 29.1 Å². The van der Waals surface area contributed by atoms with Crippen molar-refractivity contribution in [3.8, 4) is 10.6 Å². The first-order chi connectivity index (χ1) is 8.81. The number of carbonyl (C=O) groups is 1. The maximum atomic E-state index is 11.7. The van der Waals surface area contributed by atoms with Gasteiger partial charge in [-0.3, -0.25) is 4.79 Å². The van der Waals surface area contributed by atoms with Crippen molar-refractivity contribution in [2.45, 2.75) is 25.3 Å². The van der Waals surface area contributed by atoms with Crippen LogP contribution in [0.5, 0.6) is 0 Å². The highest BCUT2D eigenvalue weighted by Crippen LogP contribution is 2.24. The van der Waals surface area contributed by atoms with Gasteiger partial charge in [0.2, 0.25) is 5.91 Å². The predicted molar refractivity (Wildman–Crippen MR) is 72.4 cm³/mol. The fraction of sp³-hybridized carbons (Fsp3) is 0.286. The van der Waals surface area contributed by atoms with E-state index in [4.69, 9.17) is 0 Å². The molecule has 0 unspecified atom stereocenters. The molecule has 4 heteroatoms. The van der Waals surface area contributed by atoms with Gasteiger partial charge in [-0.05, 0) is 12.8 Å². The van der Waals surface area contributed by atoms with Crippen LogP contribution < -0.4 is 5.32 Å². The van der Waals surface area contributed by atoms with Crippen LogP contribution in [-0.2, 0) is 11.2 Å². The van der Waals surface area contributed by atoms with Crippen LogP contribution in [0.2, 0.25) is 0 Å². The van der Waals surface area contributed by atoms with Crippen LogP contribution in [-0.4, -0.2) is 16.9 Å². The molecule has 1 aliphatic rings. The van der Waals surface area contributed by atoms with E-state index in [0.29, 0.717) is 12.5 Å². The van der Waals surface area contributed by atoms with E-state index in [1.807, 2.05) is 35.7 Å². The monoisotopic (exact) mass is 258 g/mol. The maximum Gasteiger partial charge on any atom is 0.226 e. The fourth-order valence-electron chi connectivity index (χ4n) is 1.77. The summed E-state index contributed by atoms with van der Waals surface area (Å²) in [5, 5.41) is 5.92. The van der Waals surface area contributed by atoms with Gasteiger partial charge in [0.05, 0.1) is 12.1 Å². The fourth-order valence-corrected chi connectivity index (χ4v) is 2.60. The zero-order valence-electron chi connectivity index (χ0n) is 9.93. The van der Waals surface area contributed by atoms with Crippen LogP contribution in [0.15, 0.2) is 35.7 Å². The molecule has 1 N–H and O–H groups in total. The van der Waals surface area contributed by atoms with E-state index >= 15 is 0 Å². The molecule has 1 fully saturated rings. The first-order valence-electron chi connectivity index (χ1n) is 6.10. The lowest BCUT2D eigenvalue weighted by molar-refractivity contribution is -0.120. The Morgan fingerprint density at radius 3 is 2.83 bits per heavy atom. The van der Waals surface area contributed by atoms with Crippen molar-refractivity contribution in [3.63, 3.8) is 0 Å². The molecule has 1 amide bonds. The lowest BCUT2D eigenvalue weighted by atomic mass is 10.2. The normalized spacial score (nSPS) is 14.4. The van der Waals surface area contributed by atoms with Crippen molar-refractivity contribution in [2.75, 3.05) is 0 Å². The molecule has 1 aromatic heterocycles. The zero-order valence-corrected chi connectivity index (χ0v) is 10.7. The second-order valence-corrected chi connectivity index (χ2v) is 5.39. The van der Waals surface area contributed by atoms with E-state index in [9.17, 15) is 4.79 Å². The van der Waals surface area contributed by atoms with Gasteiger partial charge in [0.1, 0.15) is 5.01 Å². The van der Waals surface area contributed by atoms with Gasteiger partial charge in [0, 0.05) is 17.0 Å². The summed E-state index contributed by atoms with van der Waals surface area (Å²) in [7, 11) is 0. The molecular weight excluding hydrogens is 244 g/mol. The Morgan fingerprint density at radius 2 is 2.11 bits per heavy atom. The number of benzene rings is 1. The quantitative estimate of drug-likeness (QED) is 0.916. The summed E-state index contributed by atoms with van der Waals surface area (Å²) < 4.78 is 0. The van der Waals surface area contributed by atoms with Gasteiger partial charge in [0.15, 0.2) is 0 Å². The van der Waals surface area contributed by atoms with Gasteiger partial charge in [-0.25, -0.2) is 4.98 Å². The van der Waals surface area contributed by atoms with Gasteiger partial charge < -0.3 is 5.32 Å². The predicted octanol–water partition coefficient (Wildman–Crippen LogP) is 2.63. The number of amides is 1. The molecule has 0 radical (unpaired) electrons. The minimum Gasteiger partial charge on any atom is -0.353 e. The summed E-state index contributed by atoms with van der Waals surface area (Å²) in [6, 6.07) is 10.5. The Hall–Kier alpha value is -1.68. The zero-order chi connectivity index (χ0) is 12.4. The first-order valence-corrected chi connectivity index (χ1v) is 6.98. The van der Waals surface area contributed by atoms with E-state index in [1.165, 1.54) is 0 Å². The summed E-state index contributed by atoms with van der Waals surface area (Å²) in [6.45, 7) is 0. The first kappa shape index (κ1) is 11.4. The summed E-state index contributed by atoms with van der Waals surface area (Å²) in [5.41, 5.74) is 1.97. The number of hydrogen-bond donors (Lipinski definition) is 1. The van der Waals surface area contributed by atoms with Crippen LogP contribution in [0, 0.1) is 0 Å². The second-order valence-electron chi connectivity index (χ2n) is 4.53. The van der Waals surface area contributed by atoms with Crippen LogP contribution in [0.25, 0.3) is 10.6 Å². The summed E-state index contributed by atoms with van der Waals surface area (Å²) in [4.78, 5) is 16.2. The van der Waals surface area contributed by atoms with Crippen molar-refractivity contribution in [1.82, 2.24) is 10.3 Å². The van der Waals surface area contributed by atoms with E-state index < -0.39 is 0 Å². The SMILES string of the molecule is O=C(Cc1csc(-c2ccccc2)n1)NC1CC1. The maximum absolute atomic E-state index is 11.7. The van der Waals surface area contributed by atoms with Crippen LogP contribution in [0.1, 0.15) is 18.5 Å². The molecule has 0 spiro atoms. The molecular formula is C14H14N2OS. The van der Waals surface area contributed by atoms with Gasteiger partial charge in [-0.2, -0.15) is 0 Å². The minimum absolute atomic E-state index is 0.0856. The topological polar surface area (TPSA) is 42.0 Å². The summed E-state index contributed by atoms with van der Waals surface area (Å²) >= 11 is 1.59. The van der Waals surface area contributed by atoms with Crippen LogP contribution in [0.4, 0.5) is 0 Å². The van der Waals surface area contributed by atoms with E-state index in [2.05, 4.69) is 10.3 Å². The smallest absolute Gasteiger partial charge is 0.226 e. The highest BCUT2D eigenvalue weighted by Gasteiger charge is 2.23. The number of carbonyl (C=O) groups excluding carboxylic acids is 1. The van der Waals surface area contributed by atoms with Crippen LogP contribution in [0.3, 0.4) is 0 Å². The average molecular weight is 258 g/mol. The largest absolute Gasteiger partial charge is 0.353 e. The summed E-state index contributed by atoms with van der Waals surface area (Å²) in [5.74, 6) is 0.0856.